The average molecular weight is 579 g/mol. The van der Waals surface area contributed by atoms with E-state index in [9.17, 15) is 13.0 Å². The van der Waals surface area contributed by atoms with E-state index in [0.717, 1.165) is 5.56 Å². The molecule has 1 atom stereocenters. The van der Waals surface area contributed by atoms with Crippen LogP contribution in [0.4, 0.5) is 5.69 Å². The molecule has 0 bridgehead atoms. The summed E-state index contributed by atoms with van der Waals surface area (Å²) in [7, 11) is -3.71. The van der Waals surface area contributed by atoms with Crippen LogP contribution in [0.1, 0.15) is 11.1 Å². The largest absolute Gasteiger partial charge is 0.609 e. The van der Waals surface area contributed by atoms with Crippen LogP contribution in [0.2, 0.25) is 5.02 Å². The van der Waals surface area contributed by atoms with Gasteiger partial charge in [0.2, 0.25) is 15.9 Å². The molecule has 2 heterocycles. The number of benzene rings is 3. The first kappa shape index (κ1) is 26.9. The van der Waals surface area contributed by atoms with E-state index in [-0.39, 0.29) is 10.9 Å². The van der Waals surface area contributed by atoms with Gasteiger partial charge in [-0.15, -0.1) is 0 Å². The van der Waals surface area contributed by atoms with Gasteiger partial charge in [-0.05, 0) is 54.4 Å². The van der Waals surface area contributed by atoms with Gasteiger partial charge in [-0.2, -0.15) is 9.97 Å². The lowest BCUT2D eigenvalue weighted by molar-refractivity contribution is 0.466. The molecular formula is C28H23ClN4O4S2. The summed E-state index contributed by atoms with van der Waals surface area (Å²) in [6, 6.07) is 21.0. The Kier molecular flexibility index (Phi) is 7.72. The Balaban J connectivity index is 1.51. The molecule has 2 aromatic heterocycles. The lowest BCUT2D eigenvalue weighted by Gasteiger charge is -2.16. The standard InChI is InChI=1S/C28H23ClN4O4S2/c1-18-8-13-21-22(5-3-7-25(21)33-39(35,36)17-19-9-11-20(29)12-10-19)26(18)37-27-23(6-4-15-30-27)24-14-16-31-28(32-24)38(2)34/h3-16,33H,17H2,1-2H3. The van der Waals surface area contributed by atoms with Crippen LogP contribution in [0.15, 0.2) is 90.3 Å². The highest BCUT2D eigenvalue weighted by atomic mass is 35.5. The number of ether oxygens (including phenoxy) is 1. The zero-order valence-electron chi connectivity index (χ0n) is 21.0. The van der Waals surface area contributed by atoms with E-state index in [1.54, 1.807) is 60.9 Å². The van der Waals surface area contributed by atoms with Crippen LogP contribution in [0, 0.1) is 6.92 Å². The molecule has 8 nitrogen and oxygen atoms in total. The Morgan fingerprint density at radius 1 is 0.949 bits per heavy atom. The normalized spacial score (nSPS) is 12.3. The van der Waals surface area contributed by atoms with Crippen molar-refractivity contribution in [3.05, 3.63) is 101 Å². The summed E-state index contributed by atoms with van der Waals surface area (Å²) < 4.78 is 47.0. The van der Waals surface area contributed by atoms with Gasteiger partial charge in [-0.1, -0.05) is 48.0 Å². The Bertz CT molecular complexity index is 1760. The van der Waals surface area contributed by atoms with Crippen molar-refractivity contribution in [3.63, 3.8) is 0 Å². The molecule has 0 amide bonds. The molecule has 3 aromatic carbocycles. The third kappa shape index (κ3) is 6.15. The summed E-state index contributed by atoms with van der Waals surface area (Å²) in [6.45, 7) is 1.90. The van der Waals surface area contributed by atoms with Crippen molar-refractivity contribution in [1.82, 2.24) is 15.0 Å². The Morgan fingerprint density at radius 2 is 1.74 bits per heavy atom. The van der Waals surface area contributed by atoms with E-state index in [2.05, 4.69) is 19.7 Å². The Hall–Kier alpha value is -3.70. The van der Waals surface area contributed by atoms with Crippen molar-refractivity contribution in [2.75, 3.05) is 11.0 Å². The van der Waals surface area contributed by atoms with Gasteiger partial charge in [0.05, 0.1) is 22.7 Å². The molecule has 0 saturated carbocycles. The van der Waals surface area contributed by atoms with Crippen LogP contribution in [0.25, 0.3) is 22.0 Å². The molecule has 0 radical (unpaired) electrons. The van der Waals surface area contributed by atoms with Gasteiger partial charge < -0.3 is 9.29 Å². The lowest BCUT2D eigenvalue weighted by Crippen LogP contribution is -2.15. The van der Waals surface area contributed by atoms with Crippen LogP contribution in [-0.4, -0.2) is 34.2 Å². The first-order valence-electron chi connectivity index (χ1n) is 11.8. The second kappa shape index (κ2) is 11.2. The first-order chi connectivity index (χ1) is 18.7. The molecule has 1 N–H and O–H groups in total. The maximum Gasteiger partial charge on any atom is 0.342 e. The first-order valence-corrected chi connectivity index (χ1v) is 15.4. The van der Waals surface area contributed by atoms with Gasteiger partial charge in [0, 0.05) is 39.4 Å². The number of hydrogen-bond donors (Lipinski definition) is 1. The summed E-state index contributed by atoms with van der Waals surface area (Å²) in [5, 5.41) is 2.12. The monoisotopic (exact) mass is 578 g/mol. The SMILES string of the molecule is Cc1ccc2c(NS(=O)(=O)Cc3ccc(Cl)cc3)cccc2c1Oc1ncccc1-c1ccnc([S+](C)[O-])n1. The maximum atomic E-state index is 13.0. The van der Waals surface area contributed by atoms with E-state index < -0.39 is 21.2 Å². The van der Waals surface area contributed by atoms with Gasteiger partial charge >= 0.3 is 5.16 Å². The summed E-state index contributed by atoms with van der Waals surface area (Å²) >= 11 is 4.58. The van der Waals surface area contributed by atoms with Crippen molar-refractivity contribution < 1.29 is 17.7 Å². The van der Waals surface area contributed by atoms with Gasteiger partial charge in [0.15, 0.2) is 0 Å². The summed E-state index contributed by atoms with van der Waals surface area (Å²) in [5.74, 6) is 0.629. The minimum Gasteiger partial charge on any atom is -0.609 e. The number of nitrogens with one attached hydrogen (secondary N) is 1. The van der Waals surface area contributed by atoms with Crippen LogP contribution in [0.3, 0.4) is 0 Å². The number of nitrogens with zero attached hydrogens (tertiary/aromatic N) is 3. The number of hydrogen-bond acceptors (Lipinski definition) is 7. The van der Waals surface area contributed by atoms with E-state index >= 15 is 0 Å². The summed E-state index contributed by atoms with van der Waals surface area (Å²) in [5.41, 5.74) is 3.00. The predicted octanol–water partition coefficient (Wildman–Crippen LogP) is 6.13. The maximum absolute atomic E-state index is 13.0. The number of pyridine rings is 1. The second-order valence-electron chi connectivity index (χ2n) is 8.74. The topological polar surface area (TPSA) is 117 Å². The molecule has 0 aliphatic rings. The molecule has 0 saturated heterocycles. The van der Waals surface area contributed by atoms with Crippen molar-refractivity contribution in [3.8, 4) is 22.9 Å². The van der Waals surface area contributed by atoms with Gasteiger partial charge in [-0.25, -0.2) is 13.4 Å². The van der Waals surface area contributed by atoms with E-state index in [4.69, 9.17) is 16.3 Å². The smallest absolute Gasteiger partial charge is 0.342 e. The third-order valence-electron chi connectivity index (χ3n) is 5.88. The Labute approximate surface area is 234 Å². The van der Waals surface area contributed by atoms with Crippen LogP contribution >= 0.6 is 11.6 Å². The van der Waals surface area contributed by atoms with E-state index in [0.29, 0.717) is 49.9 Å². The zero-order valence-corrected chi connectivity index (χ0v) is 23.3. The number of anilines is 1. The van der Waals surface area contributed by atoms with Crippen molar-refractivity contribution in [2.45, 2.75) is 17.8 Å². The molecule has 5 aromatic rings. The molecule has 0 spiro atoms. The predicted molar refractivity (Wildman–Crippen MR) is 154 cm³/mol. The zero-order chi connectivity index (χ0) is 27.6. The molecule has 11 heteroatoms. The molecule has 1 unspecified atom stereocenters. The number of sulfonamides is 1. The number of aromatic nitrogens is 3. The van der Waals surface area contributed by atoms with Gasteiger partial charge in [-0.3, -0.25) is 4.72 Å². The summed E-state index contributed by atoms with van der Waals surface area (Å²) in [4.78, 5) is 12.9. The van der Waals surface area contributed by atoms with Crippen molar-refractivity contribution >= 4 is 49.3 Å². The fraction of sp³-hybridized carbons (Fsp3) is 0.107. The lowest BCUT2D eigenvalue weighted by atomic mass is 10.0. The molecule has 0 aliphatic heterocycles. The molecule has 5 rings (SSSR count). The van der Waals surface area contributed by atoms with E-state index in [1.807, 2.05) is 31.2 Å². The minimum atomic E-state index is -3.71. The molecular weight excluding hydrogens is 556 g/mol. The summed E-state index contributed by atoms with van der Waals surface area (Å²) in [6.07, 6.45) is 4.66. The van der Waals surface area contributed by atoms with Gasteiger partial charge in [0.1, 0.15) is 12.0 Å². The molecule has 0 fully saturated rings. The second-order valence-corrected chi connectivity index (χ2v) is 12.2. The van der Waals surface area contributed by atoms with Gasteiger partial charge in [0.25, 0.3) is 0 Å². The average Bonchev–Trinajstić information content (AvgIpc) is 2.92. The number of rotatable bonds is 8. The third-order valence-corrected chi connectivity index (χ3v) is 8.09. The fourth-order valence-corrected chi connectivity index (χ4v) is 5.84. The number of halogens is 1. The molecule has 39 heavy (non-hydrogen) atoms. The Morgan fingerprint density at radius 3 is 2.51 bits per heavy atom. The highest BCUT2D eigenvalue weighted by molar-refractivity contribution is 7.92. The molecule has 198 valence electrons. The number of aryl methyl sites for hydroxylation is 1. The van der Waals surface area contributed by atoms with E-state index in [1.165, 1.54) is 6.26 Å². The van der Waals surface area contributed by atoms with Crippen molar-refractivity contribution in [2.24, 2.45) is 0 Å². The highest BCUT2D eigenvalue weighted by Gasteiger charge is 2.19. The molecule has 0 aliphatic carbocycles. The number of fused-ring (bicyclic) bond motifs is 1. The van der Waals surface area contributed by atoms with Crippen LogP contribution in [0.5, 0.6) is 11.6 Å². The van der Waals surface area contributed by atoms with Crippen molar-refractivity contribution in [1.29, 1.82) is 0 Å². The highest BCUT2D eigenvalue weighted by Crippen LogP contribution is 2.38. The fourth-order valence-electron chi connectivity index (χ4n) is 4.06. The minimum absolute atomic E-state index is 0.198. The quantitative estimate of drug-likeness (QED) is 0.174. The van der Waals surface area contributed by atoms with Crippen LogP contribution in [-0.2, 0) is 27.0 Å². The van der Waals surface area contributed by atoms with Crippen LogP contribution < -0.4 is 9.46 Å².